The molecule has 1 aromatic rings. The van der Waals surface area contributed by atoms with Crippen LogP contribution in [0.2, 0.25) is 0 Å². The summed E-state index contributed by atoms with van der Waals surface area (Å²) in [4.78, 5) is 0. The molecule has 1 saturated carbocycles. The van der Waals surface area contributed by atoms with Crippen molar-refractivity contribution in [1.29, 1.82) is 0 Å². The maximum Gasteiger partial charge on any atom is 0.0210 e. The minimum atomic E-state index is 0.776. The van der Waals surface area contributed by atoms with Gasteiger partial charge in [-0.15, -0.1) is 0 Å². The molecule has 2 rings (SSSR count). The van der Waals surface area contributed by atoms with Crippen molar-refractivity contribution in [2.45, 2.75) is 38.8 Å². The summed E-state index contributed by atoms with van der Waals surface area (Å²) in [6.07, 6.45) is 4.11. The van der Waals surface area contributed by atoms with Crippen molar-refractivity contribution in [1.82, 2.24) is 5.32 Å². The van der Waals surface area contributed by atoms with Crippen LogP contribution in [0.25, 0.3) is 0 Å². The van der Waals surface area contributed by atoms with E-state index in [0.717, 1.165) is 12.6 Å². The Hall–Kier alpha value is -0.340. The van der Waals surface area contributed by atoms with Crippen molar-refractivity contribution in [2.75, 3.05) is 0 Å². The molecule has 1 aliphatic rings. The van der Waals surface area contributed by atoms with E-state index in [1.165, 1.54) is 34.9 Å². The van der Waals surface area contributed by atoms with Gasteiger partial charge < -0.3 is 5.32 Å². The summed E-state index contributed by atoms with van der Waals surface area (Å²) in [7, 11) is 0. The molecule has 2 heteroatoms. The summed E-state index contributed by atoms with van der Waals surface area (Å²) in [5.41, 5.74) is 2.78. The lowest BCUT2D eigenvalue weighted by atomic mass is 9.93. The fourth-order valence-electron chi connectivity index (χ4n) is 1.72. The molecule has 0 amide bonds. The van der Waals surface area contributed by atoms with Crippen LogP contribution in [0.4, 0.5) is 0 Å². The Kier molecular flexibility index (Phi) is 3.24. The standard InChI is InChI=1S/C12H16BrN/c1-9-7-11(13)6-5-10(9)8-14-12-3-2-4-12/h5-7,12,14H,2-4,8H2,1H3. The molecule has 1 aliphatic carbocycles. The maximum absolute atomic E-state index is 3.58. The van der Waals surface area contributed by atoms with E-state index in [0.29, 0.717) is 0 Å². The van der Waals surface area contributed by atoms with Crippen LogP contribution in [0.15, 0.2) is 22.7 Å². The van der Waals surface area contributed by atoms with Crippen molar-refractivity contribution >= 4 is 15.9 Å². The number of halogens is 1. The lowest BCUT2D eigenvalue weighted by molar-refractivity contribution is 0.338. The normalized spacial score (nSPS) is 16.7. The first-order valence-electron chi connectivity index (χ1n) is 5.24. The van der Waals surface area contributed by atoms with Gasteiger partial charge in [0.05, 0.1) is 0 Å². The van der Waals surface area contributed by atoms with Crippen molar-refractivity contribution in [2.24, 2.45) is 0 Å². The second kappa shape index (κ2) is 4.45. The van der Waals surface area contributed by atoms with Crippen LogP contribution in [0.5, 0.6) is 0 Å². The van der Waals surface area contributed by atoms with Crippen molar-refractivity contribution in [3.63, 3.8) is 0 Å². The number of hydrogen-bond acceptors (Lipinski definition) is 1. The van der Waals surface area contributed by atoms with E-state index < -0.39 is 0 Å². The van der Waals surface area contributed by atoms with Gasteiger partial charge in [-0.2, -0.15) is 0 Å². The lowest BCUT2D eigenvalue weighted by Crippen LogP contribution is -2.34. The van der Waals surface area contributed by atoms with E-state index in [2.05, 4.69) is 46.4 Å². The Bertz CT molecular complexity index is 318. The minimum absolute atomic E-state index is 0.776. The second-order valence-corrected chi connectivity index (χ2v) is 5.00. The summed E-state index contributed by atoms with van der Waals surface area (Å²) >= 11 is 3.48. The largest absolute Gasteiger partial charge is 0.310 e. The zero-order valence-electron chi connectivity index (χ0n) is 8.52. The third-order valence-corrected chi connectivity index (χ3v) is 3.48. The van der Waals surface area contributed by atoms with E-state index in [1.54, 1.807) is 0 Å². The summed E-state index contributed by atoms with van der Waals surface area (Å²) in [5, 5.41) is 3.58. The molecule has 0 spiro atoms. The van der Waals surface area contributed by atoms with Gasteiger partial charge in [0, 0.05) is 17.1 Å². The highest BCUT2D eigenvalue weighted by molar-refractivity contribution is 9.10. The molecule has 0 saturated heterocycles. The molecule has 1 aromatic carbocycles. The average molecular weight is 254 g/mol. The van der Waals surface area contributed by atoms with Gasteiger partial charge in [-0.05, 0) is 43.0 Å². The smallest absolute Gasteiger partial charge is 0.0210 e. The molecule has 1 nitrogen and oxygen atoms in total. The molecular weight excluding hydrogens is 238 g/mol. The molecule has 0 bridgehead atoms. The van der Waals surface area contributed by atoms with Gasteiger partial charge >= 0.3 is 0 Å². The number of aryl methyl sites for hydroxylation is 1. The van der Waals surface area contributed by atoms with E-state index in [9.17, 15) is 0 Å². The number of nitrogens with one attached hydrogen (secondary N) is 1. The Morgan fingerprint density at radius 3 is 2.79 bits per heavy atom. The van der Waals surface area contributed by atoms with E-state index in [1.807, 2.05) is 0 Å². The fourth-order valence-corrected chi connectivity index (χ4v) is 2.20. The van der Waals surface area contributed by atoms with Gasteiger partial charge in [-0.3, -0.25) is 0 Å². The minimum Gasteiger partial charge on any atom is -0.310 e. The topological polar surface area (TPSA) is 12.0 Å². The molecule has 76 valence electrons. The van der Waals surface area contributed by atoms with Crippen molar-refractivity contribution < 1.29 is 0 Å². The van der Waals surface area contributed by atoms with Gasteiger partial charge in [0.2, 0.25) is 0 Å². The monoisotopic (exact) mass is 253 g/mol. The highest BCUT2D eigenvalue weighted by atomic mass is 79.9. The van der Waals surface area contributed by atoms with Gasteiger partial charge in [-0.25, -0.2) is 0 Å². The van der Waals surface area contributed by atoms with Crippen LogP contribution < -0.4 is 5.32 Å². The van der Waals surface area contributed by atoms with Gasteiger partial charge in [0.25, 0.3) is 0 Å². The molecule has 0 heterocycles. The number of hydrogen-bond donors (Lipinski definition) is 1. The first-order chi connectivity index (χ1) is 6.75. The summed E-state index contributed by atoms with van der Waals surface area (Å²) in [6.45, 7) is 3.19. The van der Waals surface area contributed by atoms with Gasteiger partial charge in [0.1, 0.15) is 0 Å². The van der Waals surface area contributed by atoms with Crippen LogP contribution in [0, 0.1) is 6.92 Å². The molecule has 0 radical (unpaired) electrons. The summed E-state index contributed by atoms with van der Waals surface area (Å²) in [6, 6.07) is 7.27. The Morgan fingerprint density at radius 2 is 2.21 bits per heavy atom. The van der Waals surface area contributed by atoms with Crippen LogP contribution in [0.1, 0.15) is 30.4 Å². The molecule has 0 atom stereocenters. The quantitative estimate of drug-likeness (QED) is 0.871. The van der Waals surface area contributed by atoms with Gasteiger partial charge in [0.15, 0.2) is 0 Å². The van der Waals surface area contributed by atoms with Gasteiger partial charge in [-0.1, -0.05) is 28.4 Å². The third kappa shape index (κ3) is 2.37. The predicted octanol–water partition coefficient (Wildman–Crippen LogP) is 3.40. The average Bonchev–Trinajstić information content (AvgIpc) is 2.05. The molecule has 0 aliphatic heterocycles. The maximum atomic E-state index is 3.58. The molecule has 1 N–H and O–H groups in total. The summed E-state index contributed by atoms with van der Waals surface area (Å²) < 4.78 is 1.17. The van der Waals surface area contributed by atoms with E-state index in [-0.39, 0.29) is 0 Å². The number of rotatable bonds is 3. The van der Waals surface area contributed by atoms with Crippen LogP contribution in [0.3, 0.4) is 0 Å². The van der Waals surface area contributed by atoms with Crippen LogP contribution in [-0.2, 0) is 6.54 Å². The molecule has 14 heavy (non-hydrogen) atoms. The molecule has 0 unspecified atom stereocenters. The Morgan fingerprint density at radius 1 is 1.43 bits per heavy atom. The first kappa shape index (κ1) is 10.2. The van der Waals surface area contributed by atoms with Crippen LogP contribution in [-0.4, -0.2) is 6.04 Å². The SMILES string of the molecule is Cc1cc(Br)ccc1CNC1CCC1. The molecule has 0 aromatic heterocycles. The van der Waals surface area contributed by atoms with Crippen molar-refractivity contribution in [3.8, 4) is 0 Å². The summed E-state index contributed by atoms with van der Waals surface area (Å²) in [5.74, 6) is 0. The van der Waals surface area contributed by atoms with E-state index >= 15 is 0 Å². The second-order valence-electron chi connectivity index (χ2n) is 4.08. The lowest BCUT2D eigenvalue weighted by Gasteiger charge is -2.26. The van der Waals surface area contributed by atoms with E-state index in [4.69, 9.17) is 0 Å². The highest BCUT2D eigenvalue weighted by Crippen LogP contribution is 2.20. The Balaban J connectivity index is 1.94. The Labute approximate surface area is 94.0 Å². The predicted molar refractivity (Wildman–Crippen MR) is 63.4 cm³/mol. The third-order valence-electron chi connectivity index (χ3n) is 2.99. The first-order valence-corrected chi connectivity index (χ1v) is 6.03. The fraction of sp³-hybridized carbons (Fsp3) is 0.500. The van der Waals surface area contributed by atoms with Crippen LogP contribution >= 0.6 is 15.9 Å². The number of benzene rings is 1. The van der Waals surface area contributed by atoms with Crippen molar-refractivity contribution in [3.05, 3.63) is 33.8 Å². The molecular formula is C12H16BrN. The molecule has 1 fully saturated rings. The highest BCUT2D eigenvalue weighted by Gasteiger charge is 2.16. The zero-order chi connectivity index (χ0) is 9.97. The zero-order valence-corrected chi connectivity index (χ0v) is 10.1.